The predicted molar refractivity (Wildman–Crippen MR) is 109 cm³/mol. The van der Waals surface area contributed by atoms with Crippen molar-refractivity contribution < 1.29 is 18.8 Å². The third-order valence-corrected chi connectivity index (χ3v) is 5.05. The molecular formula is C20H18N4O4S. The zero-order chi connectivity index (χ0) is 20.2. The van der Waals surface area contributed by atoms with Crippen molar-refractivity contribution in [3.8, 4) is 11.5 Å². The topological polar surface area (TPSA) is 99.4 Å². The summed E-state index contributed by atoms with van der Waals surface area (Å²) in [6.45, 7) is 2.14. The van der Waals surface area contributed by atoms with Crippen molar-refractivity contribution in [2.45, 2.75) is 20.0 Å². The number of methoxy groups -OCH3 is 1. The van der Waals surface area contributed by atoms with Gasteiger partial charge in [-0.3, -0.25) is 10.1 Å². The molecule has 0 fully saturated rings. The van der Waals surface area contributed by atoms with Gasteiger partial charge in [-0.2, -0.15) is 4.98 Å². The van der Waals surface area contributed by atoms with E-state index in [0.717, 1.165) is 16.0 Å². The van der Waals surface area contributed by atoms with Gasteiger partial charge in [0, 0.05) is 12.0 Å². The van der Waals surface area contributed by atoms with Gasteiger partial charge in [-0.1, -0.05) is 23.4 Å². The number of amides is 1. The van der Waals surface area contributed by atoms with Crippen molar-refractivity contribution in [2.24, 2.45) is 0 Å². The molecular weight excluding hydrogens is 392 g/mol. The predicted octanol–water partition coefficient (Wildman–Crippen LogP) is 4.08. The number of aromatic nitrogens is 3. The molecule has 0 atom stereocenters. The number of hydrogen-bond acceptors (Lipinski definition) is 8. The van der Waals surface area contributed by atoms with E-state index in [-0.39, 0.29) is 12.5 Å². The maximum Gasteiger partial charge on any atom is 0.257 e. The monoisotopic (exact) mass is 410 g/mol. The molecule has 0 saturated heterocycles. The number of thiazole rings is 1. The highest BCUT2D eigenvalue weighted by Gasteiger charge is 2.11. The number of nitrogens with zero attached hydrogens (tertiary/aromatic N) is 3. The molecule has 0 aliphatic rings. The number of rotatable bonds is 7. The summed E-state index contributed by atoms with van der Waals surface area (Å²) < 4.78 is 16.8. The molecule has 9 heteroatoms. The van der Waals surface area contributed by atoms with E-state index in [4.69, 9.17) is 14.0 Å². The fraction of sp³-hybridized carbons (Fsp3) is 0.200. The Balaban J connectivity index is 1.38. The summed E-state index contributed by atoms with van der Waals surface area (Å²) in [7, 11) is 1.61. The first-order valence-corrected chi connectivity index (χ1v) is 9.76. The molecule has 0 aliphatic carbocycles. The van der Waals surface area contributed by atoms with Crippen molar-refractivity contribution in [2.75, 3.05) is 12.4 Å². The second-order valence-corrected chi connectivity index (χ2v) is 7.11. The van der Waals surface area contributed by atoms with Crippen LogP contribution in [0.15, 0.2) is 47.0 Å². The van der Waals surface area contributed by atoms with E-state index in [0.29, 0.717) is 34.6 Å². The van der Waals surface area contributed by atoms with Crippen molar-refractivity contribution in [3.05, 3.63) is 59.7 Å². The summed E-state index contributed by atoms with van der Waals surface area (Å²) in [5.74, 6) is 2.17. The fourth-order valence-corrected chi connectivity index (χ4v) is 3.49. The SMILES string of the molecule is CCc1nc(COc2ccc(C(=O)Nc3nc4ccc(OC)cc4s3)cc2)no1. The summed E-state index contributed by atoms with van der Waals surface area (Å²) in [6.07, 6.45) is 0.680. The van der Waals surface area contributed by atoms with Crippen LogP contribution in [-0.2, 0) is 13.0 Å². The van der Waals surface area contributed by atoms with Crippen LogP contribution < -0.4 is 14.8 Å². The number of carbonyl (C=O) groups is 1. The van der Waals surface area contributed by atoms with Crippen molar-refractivity contribution in [1.29, 1.82) is 0 Å². The smallest absolute Gasteiger partial charge is 0.257 e. The number of benzene rings is 2. The van der Waals surface area contributed by atoms with E-state index in [9.17, 15) is 4.79 Å². The van der Waals surface area contributed by atoms with Gasteiger partial charge in [0.05, 0.1) is 17.3 Å². The lowest BCUT2D eigenvalue weighted by Crippen LogP contribution is -2.11. The van der Waals surface area contributed by atoms with E-state index < -0.39 is 0 Å². The summed E-state index contributed by atoms with van der Waals surface area (Å²) in [5.41, 5.74) is 1.31. The number of carbonyl (C=O) groups excluding carboxylic acids is 1. The van der Waals surface area contributed by atoms with Crippen molar-refractivity contribution in [3.63, 3.8) is 0 Å². The van der Waals surface area contributed by atoms with Gasteiger partial charge in [-0.05, 0) is 42.5 Å². The number of hydrogen-bond donors (Lipinski definition) is 1. The lowest BCUT2D eigenvalue weighted by Gasteiger charge is -2.05. The number of fused-ring (bicyclic) bond motifs is 1. The number of aryl methyl sites for hydroxylation is 1. The second-order valence-electron chi connectivity index (χ2n) is 6.08. The standard InChI is InChI=1S/C20H18N4O4S/c1-3-18-22-17(24-28-18)11-27-13-6-4-12(5-7-13)19(25)23-20-21-15-9-8-14(26-2)10-16(15)29-20/h4-10H,3,11H2,1-2H3,(H,21,23,25). The van der Waals surface area contributed by atoms with E-state index in [1.54, 1.807) is 31.4 Å². The number of anilines is 1. The third kappa shape index (κ3) is 4.35. The van der Waals surface area contributed by atoms with Crippen LogP contribution in [0.5, 0.6) is 11.5 Å². The first-order valence-electron chi connectivity index (χ1n) is 8.95. The summed E-state index contributed by atoms with van der Waals surface area (Å²) in [6, 6.07) is 12.4. The molecule has 0 radical (unpaired) electrons. The molecule has 0 bridgehead atoms. The van der Waals surface area contributed by atoms with Gasteiger partial charge in [0.15, 0.2) is 11.7 Å². The highest BCUT2D eigenvalue weighted by atomic mass is 32.1. The van der Waals surface area contributed by atoms with Crippen LogP contribution in [0.1, 0.15) is 29.0 Å². The molecule has 29 heavy (non-hydrogen) atoms. The van der Waals surface area contributed by atoms with E-state index in [1.807, 2.05) is 25.1 Å². The van der Waals surface area contributed by atoms with Crippen LogP contribution >= 0.6 is 11.3 Å². The lowest BCUT2D eigenvalue weighted by atomic mass is 10.2. The van der Waals surface area contributed by atoms with Crippen LogP contribution in [-0.4, -0.2) is 28.1 Å². The van der Waals surface area contributed by atoms with Crippen LogP contribution in [0.4, 0.5) is 5.13 Å². The first-order chi connectivity index (χ1) is 14.1. The Morgan fingerprint density at radius 3 is 2.66 bits per heavy atom. The van der Waals surface area contributed by atoms with Crippen LogP contribution in [0.2, 0.25) is 0 Å². The largest absolute Gasteiger partial charge is 0.497 e. The highest BCUT2D eigenvalue weighted by Crippen LogP contribution is 2.29. The molecule has 4 rings (SSSR count). The molecule has 1 N–H and O–H groups in total. The Kier molecular flexibility index (Phi) is 5.39. The number of ether oxygens (including phenoxy) is 2. The van der Waals surface area contributed by atoms with Gasteiger partial charge >= 0.3 is 0 Å². The Morgan fingerprint density at radius 1 is 1.14 bits per heavy atom. The van der Waals surface area contributed by atoms with Crippen molar-refractivity contribution >= 4 is 32.6 Å². The van der Waals surface area contributed by atoms with Gasteiger partial charge in [0.2, 0.25) is 11.7 Å². The summed E-state index contributed by atoms with van der Waals surface area (Å²) >= 11 is 1.39. The molecule has 148 valence electrons. The molecule has 0 unspecified atom stereocenters. The second kappa shape index (κ2) is 8.27. The quantitative estimate of drug-likeness (QED) is 0.490. The molecule has 4 aromatic rings. The maximum absolute atomic E-state index is 12.5. The van der Waals surface area contributed by atoms with E-state index in [1.165, 1.54) is 11.3 Å². The molecule has 1 amide bonds. The summed E-state index contributed by atoms with van der Waals surface area (Å²) in [4.78, 5) is 21.1. The minimum absolute atomic E-state index is 0.199. The molecule has 0 aliphatic heterocycles. The molecule has 2 aromatic heterocycles. The average molecular weight is 410 g/mol. The van der Waals surface area contributed by atoms with Crippen LogP contribution in [0.25, 0.3) is 10.2 Å². The molecule has 0 saturated carbocycles. The lowest BCUT2D eigenvalue weighted by molar-refractivity contribution is 0.102. The van der Waals surface area contributed by atoms with Gasteiger partial charge in [-0.25, -0.2) is 4.98 Å². The molecule has 2 aromatic carbocycles. The normalized spacial score (nSPS) is 10.8. The molecule has 2 heterocycles. The molecule has 8 nitrogen and oxygen atoms in total. The zero-order valence-electron chi connectivity index (χ0n) is 15.8. The van der Waals surface area contributed by atoms with Gasteiger partial charge in [-0.15, -0.1) is 0 Å². The highest BCUT2D eigenvalue weighted by molar-refractivity contribution is 7.22. The number of nitrogens with one attached hydrogen (secondary N) is 1. The van der Waals surface area contributed by atoms with Crippen LogP contribution in [0.3, 0.4) is 0 Å². The van der Waals surface area contributed by atoms with Gasteiger partial charge in [0.25, 0.3) is 5.91 Å². The fourth-order valence-electron chi connectivity index (χ4n) is 2.60. The third-order valence-electron chi connectivity index (χ3n) is 4.11. The Morgan fingerprint density at radius 2 is 1.93 bits per heavy atom. The Labute approximate surface area is 170 Å². The summed E-state index contributed by atoms with van der Waals surface area (Å²) in [5, 5.41) is 7.19. The van der Waals surface area contributed by atoms with Gasteiger partial charge < -0.3 is 14.0 Å². The first kappa shape index (κ1) is 18.9. The average Bonchev–Trinajstić information content (AvgIpc) is 3.38. The van der Waals surface area contributed by atoms with Crippen molar-refractivity contribution in [1.82, 2.24) is 15.1 Å². The van der Waals surface area contributed by atoms with Crippen LogP contribution in [0, 0.1) is 0 Å². The Bertz CT molecular complexity index is 1140. The Hall–Kier alpha value is -3.46. The van der Waals surface area contributed by atoms with E-state index in [2.05, 4.69) is 20.4 Å². The molecule has 0 spiro atoms. The zero-order valence-corrected chi connectivity index (χ0v) is 16.7. The maximum atomic E-state index is 12.5. The minimum Gasteiger partial charge on any atom is -0.497 e. The minimum atomic E-state index is -0.242. The van der Waals surface area contributed by atoms with Gasteiger partial charge in [0.1, 0.15) is 11.5 Å². The van der Waals surface area contributed by atoms with E-state index >= 15 is 0 Å².